The predicted octanol–water partition coefficient (Wildman–Crippen LogP) is 1.17. The van der Waals surface area contributed by atoms with Gasteiger partial charge in [-0.1, -0.05) is 15.9 Å². The number of phenols is 1. The quantitative estimate of drug-likeness (QED) is 0.575. The maximum atomic E-state index is 10.4. The molecule has 0 bridgehead atoms. The molecule has 16 heavy (non-hydrogen) atoms. The molecule has 0 saturated heterocycles. The second-order valence-electron chi connectivity index (χ2n) is 2.78. The molecule has 1 rings (SSSR count). The molecule has 0 aromatic heterocycles. The number of aromatic hydroxyl groups is 1. The number of urea groups is 1. The standard InChI is InChI=1S/C9H10BrN3O3/c1-16-7-3-6(10)2-5(8(7)14)4-12-13-9(11)15/h2-4,14H,1H3,(H3,11,13,15)/b12-4+. The monoisotopic (exact) mass is 287 g/mol. The molecule has 7 heteroatoms. The third kappa shape index (κ3) is 3.13. The molecule has 0 aliphatic heterocycles. The first-order valence-corrected chi connectivity index (χ1v) is 4.99. The van der Waals surface area contributed by atoms with Gasteiger partial charge in [-0.2, -0.15) is 5.10 Å². The van der Waals surface area contributed by atoms with Crippen molar-refractivity contribution in [3.05, 3.63) is 22.2 Å². The van der Waals surface area contributed by atoms with E-state index in [0.717, 1.165) is 0 Å². The van der Waals surface area contributed by atoms with Crippen LogP contribution in [0.1, 0.15) is 5.56 Å². The number of methoxy groups -OCH3 is 1. The second kappa shape index (κ2) is 5.36. The van der Waals surface area contributed by atoms with E-state index in [2.05, 4.69) is 21.0 Å². The lowest BCUT2D eigenvalue weighted by molar-refractivity contribution is 0.249. The minimum absolute atomic E-state index is 0.0688. The van der Waals surface area contributed by atoms with Gasteiger partial charge in [0, 0.05) is 10.0 Å². The van der Waals surface area contributed by atoms with Crippen LogP contribution in [-0.4, -0.2) is 24.5 Å². The third-order valence-corrected chi connectivity index (χ3v) is 2.13. The summed E-state index contributed by atoms with van der Waals surface area (Å²) in [7, 11) is 1.43. The van der Waals surface area contributed by atoms with Gasteiger partial charge in [0.15, 0.2) is 11.5 Å². The topological polar surface area (TPSA) is 96.9 Å². The van der Waals surface area contributed by atoms with Crippen LogP contribution < -0.4 is 15.9 Å². The van der Waals surface area contributed by atoms with Crippen LogP contribution in [0, 0.1) is 0 Å². The number of primary amides is 1. The summed E-state index contributed by atoms with van der Waals surface area (Å²) in [5.74, 6) is 0.232. The summed E-state index contributed by atoms with van der Waals surface area (Å²) in [4.78, 5) is 10.4. The van der Waals surface area contributed by atoms with Crippen molar-refractivity contribution in [1.29, 1.82) is 0 Å². The Morgan fingerprint density at radius 2 is 2.38 bits per heavy atom. The molecule has 0 fully saturated rings. The van der Waals surface area contributed by atoms with Gasteiger partial charge >= 0.3 is 6.03 Å². The van der Waals surface area contributed by atoms with Crippen LogP contribution >= 0.6 is 15.9 Å². The van der Waals surface area contributed by atoms with Gasteiger partial charge in [-0.3, -0.25) is 0 Å². The largest absolute Gasteiger partial charge is 0.504 e. The lowest BCUT2D eigenvalue weighted by Gasteiger charge is -2.06. The number of carbonyl (C=O) groups excluding carboxylic acids is 1. The minimum Gasteiger partial charge on any atom is -0.504 e. The lowest BCUT2D eigenvalue weighted by Crippen LogP contribution is -2.24. The smallest absolute Gasteiger partial charge is 0.332 e. The van der Waals surface area contributed by atoms with Crippen molar-refractivity contribution in [1.82, 2.24) is 5.43 Å². The molecule has 86 valence electrons. The Bertz CT molecular complexity index is 434. The Hall–Kier alpha value is -1.76. The average molecular weight is 288 g/mol. The Balaban J connectivity index is 2.99. The number of halogens is 1. The van der Waals surface area contributed by atoms with Gasteiger partial charge in [0.2, 0.25) is 0 Å². The molecule has 0 aliphatic rings. The molecule has 0 saturated carbocycles. The van der Waals surface area contributed by atoms with Crippen molar-refractivity contribution in [3.8, 4) is 11.5 Å². The molecule has 0 radical (unpaired) electrons. The first kappa shape index (κ1) is 12.3. The van der Waals surface area contributed by atoms with Crippen LogP contribution in [0.3, 0.4) is 0 Å². The van der Waals surface area contributed by atoms with E-state index in [1.807, 2.05) is 5.43 Å². The summed E-state index contributed by atoms with van der Waals surface area (Å²) in [6, 6.07) is 2.44. The lowest BCUT2D eigenvalue weighted by atomic mass is 10.2. The van der Waals surface area contributed by atoms with Gasteiger partial charge in [0.1, 0.15) is 0 Å². The van der Waals surface area contributed by atoms with E-state index in [9.17, 15) is 9.90 Å². The number of benzene rings is 1. The van der Waals surface area contributed by atoms with Gasteiger partial charge in [-0.15, -0.1) is 0 Å². The highest BCUT2D eigenvalue weighted by molar-refractivity contribution is 9.10. The van der Waals surface area contributed by atoms with Gasteiger partial charge in [-0.25, -0.2) is 10.2 Å². The Morgan fingerprint density at radius 1 is 1.69 bits per heavy atom. The zero-order chi connectivity index (χ0) is 12.1. The highest BCUT2D eigenvalue weighted by Crippen LogP contribution is 2.32. The molecular formula is C9H10BrN3O3. The number of phenolic OH excluding ortho intramolecular Hbond substituents is 1. The highest BCUT2D eigenvalue weighted by Gasteiger charge is 2.07. The maximum absolute atomic E-state index is 10.4. The van der Waals surface area contributed by atoms with E-state index in [0.29, 0.717) is 15.8 Å². The summed E-state index contributed by atoms with van der Waals surface area (Å²) in [5.41, 5.74) is 7.23. The van der Waals surface area contributed by atoms with E-state index >= 15 is 0 Å². The van der Waals surface area contributed by atoms with Crippen molar-refractivity contribution < 1.29 is 14.6 Å². The summed E-state index contributed by atoms with van der Waals surface area (Å²) in [6.45, 7) is 0. The number of ether oxygens (including phenoxy) is 1. The molecule has 0 atom stereocenters. The van der Waals surface area contributed by atoms with Gasteiger partial charge < -0.3 is 15.6 Å². The maximum Gasteiger partial charge on any atom is 0.332 e. The Labute approximate surface area is 100 Å². The summed E-state index contributed by atoms with van der Waals surface area (Å²) >= 11 is 3.24. The zero-order valence-corrected chi connectivity index (χ0v) is 9.98. The summed E-state index contributed by atoms with van der Waals surface area (Å²) < 4.78 is 5.65. The first-order valence-electron chi connectivity index (χ1n) is 4.19. The second-order valence-corrected chi connectivity index (χ2v) is 3.70. The minimum atomic E-state index is -0.780. The number of rotatable bonds is 3. The number of nitrogens with two attached hydrogens (primary N) is 1. The fraction of sp³-hybridized carbons (Fsp3) is 0.111. The fourth-order valence-corrected chi connectivity index (χ4v) is 1.47. The molecule has 0 aliphatic carbocycles. The van der Waals surface area contributed by atoms with Crippen LogP contribution in [0.4, 0.5) is 4.79 Å². The van der Waals surface area contributed by atoms with Crippen LogP contribution in [0.25, 0.3) is 0 Å². The van der Waals surface area contributed by atoms with Crippen molar-refractivity contribution in [2.75, 3.05) is 7.11 Å². The normalized spacial score (nSPS) is 10.4. The Kier molecular flexibility index (Phi) is 4.12. The fourth-order valence-electron chi connectivity index (χ4n) is 1.01. The van der Waals surface area contributed by atoms with Crippen molar-refractivity contribution >= 4 is 28.2 Å². The zero-order valence-electron chi connectivity index (χ0n) is 8.40. The van der Waals surface area contributed by atoms with E-state index in [4.69, 9.17) is 10.5 Å². The van der Waals surface area contributed by atoms with Crippen LogP contribution in [0.15, 0.2) is 21.7 Å². The van der Waals surface area contributed by atoms with Crippen LogP contribution in [0.2, 0.25) is 0 Å². The van der Waals surface area contributed by atoms with E-state index < -0.39 is 6.03 Å². The first-order chi connectivity index (χ1) is 7.54. The number of carbonyl (C=O) groups is 1. The van der Waals surface area contributed by atoms with Gasteiger partial charge in [-0.05, 0) is 12.1 Å². The van der Waals surface area contributed by atoms with Crippen LogP contribution in [0.5, 0.6) is 11.5 Å². The van der Waals surface area contributed by atoms with E-state index in [1.165, 1.54) is 13.3 Å². The number of hydrogen-bond acceptors (Lipinski definition) is 4. The number of hydrazone groups is 1. The summed E-state index contributed by atoms with van der Waals surface area (Å²) in [5, 5.41) is 13.2. The number of hydrogen-bond donors (Lipinski definition) is 3. The van der Waals surface area contributed by atoms with Crippen molar-refractivity contribution in [2.45, 2.75) is 0 Å². The van der Waals surface area contributed by atoms with Gasteiger partial charge in [0.05, 0.1) is 13.3 Å². The Morgan fingerprint density at radius 3 is 2.94 bits per heavy atom. The SMILES string of the molecule is COc1cc(Br)cc(/C=N/NC(N)=O)c1O. The van der Waals surface area contributed by atoms with E-state index in [1.54, 1.807) is 12.1 Å². The molecule has 6 nitrogen and oxygen atoms in total. The molecule has 1 aromatic rings. The predicted molar refractivity (Wildman–Crippen MR) is 62.7 cm³/mol. The van der Waals surface area contributed by atoms with Gasteiger partial charge in [0.25, 0.3) is 0 Å². The molecule has 0 unspecified atom stereocenters. The average Bonchev–Trinajstić information content (AvgIpc) is 2.22. The molecule has 1 aromatic carbocycles. The van der Waals surface area contributed by atoms with Crippen molar-refractivity contribution in [2.24, 2.45) is 10.8 Å². The van der Waals surface area contributed by atoms with E-state index in [-0.39, 0.29) is 5.75 Å². The third-order valence-electron chi connectivity index (χ3n) is 1.67. The van der Waals surface area contributed by atoms with Crippen LogP contribution in [-0.2, 0) is 0 Å². The summed E-state index contributed by atoms with van der Waals surface area (Å²) in [6.07, 6.45) is 1.26. The van der Waals surface area contributed by atoms with Crippen molar-refractivity contribution in [3.63, 3.8) is 0 Å². The molecule has 0 spiro atoms. The number of nitrogens with zero attached hydrogens (tertiary/aromatic N) is 1. The number of nitrogens with one attached hydrogen (secondary N) is 1. The molecule has 2 amide bonds. The molecular weight excluding hydrogens is 278 g/mol. The molecule has 0 heterocycles. The molecule has 4 N–H and O–H groups in total. The number of amides is 2. The highest BCUT2D eigenvalue weighted by atomic mass is 79.9.